The van der Waals surface area contributed by atoms with Crippen LogP contribution in [0, 0.1) is 0 Å². The molecule has 0 aliphatic rings. The molecule has 0 bridgehead atoms. The maximum Gasteiger partial charge on any atom is 0.139 e. The number of hydrogen-bond donors (Lipinski definition) is 2. The van der Waals surface area contributed by atoms with Gasteiger partial charge in [-0.15, -0.1) is 0 Å². The van der Waals surface area contributed by atoms with Gasteiger partial charge in [0.25, 0.3) is 0 Å². The van der Waals surface area contributed by atoms with E-state index >= 15 is 0 Å². The fraction of sp³-hybridized carbons (Fsp3) is 0.143. The van der Waals surface area contributed by atoms with Crippen LogP contribution in [0.25, 0.3) is 0 Å². The van der Waals surface area contributed by atoms with Crippen LogP contribution in [-0.4, -0.2) is 12.2 Å². The summed E-state index contributed by atoms with van der Waals surface area (Å²) in [5.41, 5.74) is 1.59. The Morgan fingerprint density at radius 2 is 2.00 bits per heavy atom. The molecule has 2 rings (SSSR count). The largest absolute Gasteiger partial charge is 0.506 e. The molecule has 3 nitrogen and oxygen atoms in total. The van der Waals surface area contributed by atoms with Crippen LogP contribution in [0.15, 0.2) is 39.3 Å². The molecule has 0 fully saturated rings. The smallest absolute Gasteiger partial charge is 0.139 e. The normalized spacial score (nSPS) is 10.4. The van der Waals surface area contributed by atoms with E-state index in [0.717, 1.165) is 25.9 Å². The molecule has 0 saturated carbocycles. The molecule has 0 aliphatic heterocycles. The van der Waals surface area contributed by atoms with Gasteiger partial charge < -0.3 is 15.2 Å². The average molecular weight is 422 g/mol. The first-order valence-electron chi connectivity index (χ1n) is 5.76. The number of phenols is 1. The minimum absolute atomic E-state index is 0.0989. The van der Waals surface area contributed by atoms with Crippen LogP contribution >= 0.6 is 43.5 Å². The maximum absolute atomic E-state index is 9.87. The fourth-order valence-corrected chi connectivity index (χ4v) is 3.20. The summed E-state index contributed by atoms with van der Waals surface area (Å²) in [6, 6.07) is 9.04. The molecule has 2 aromatic rings. The highest BCUT2D eigenvalue weighted by Gasteiger charge is 2.09. The van der Waals surface area contributed by atoms with Crippen LogP contribution in [-0.2, 0) is 6.54 Å². The Labute approximate surface area is 139 Å². The molecule has 106 valence electrons. The number of benzene rings is 2. The molecular formula is C14H12Br2ClNO2. The standard InChI is InChI=1S/C14H12Br2ClNO2/c1-20-13-6-12(9(15)5-10(13)16)18-7-8-3-2-4-11(17)14(8)19/h2-6,18-19H,7H2,1H3. The van der Waals surface area contributed by atoms with Crippen LogP contribution < -0.4 is 10.1 Å². The van der Waals surface area contributed by atoms with Crippen LogP contribution in [0.1, 0.15) is 5.56 Å². The minimum atomic E-state index is 0.0989. The molecule has 2 aromatic carbocycles. The van der Waals surface area contributed by atoms with E-state index in [1.54, 1.807) is 19.2 Å². The van der Waals surface area contributed by atoms with Gasteiger partial charge in [-0.1, -0.05) is 23.7 Å². The van der Waals surface area contributed by atoms with E-state index in [0.29, 0.717) is 11.6 Å². The summed E-state index contributed by atoms with van der Waals surface area (Å²) in [7, 11) is 1.61. The van der Waals surface area contributed by atoms with Crippen molar-refractivity contribution < 1.29 is 9.84 Å². The number of nitrogens with one attached hydrogen (secondary N) is 1. The summed E-state index contributed by atoms with van der Waals surface area (Å²) < 4.78 is 7.02. The Morgan fingerprint density at radius 3 is 2.70 bits per heavy atom. The van der Waals surface area contributed by atoms with Crippen molar-refractivity contribution >= 4 is 49.1 Å². The average Bonchev–Trinajstić information content (AvgIpc) is 2.42. The predicted octanol–water partition coefficient (Wildman–Crippen LogP) is 5.19. The molecule has 0 saturated heterocycles. The third-order valence-corrected chi connectivity index (χ3v) is 4.36. The molecule has 0 unspecified atom stereocenters. The Kier molecular flexibility index (Phi) is 5.18. The SMILES string of the molecule is COc1cc(NCc2cccc(Cl)c2O)c(Br)cc1Br. The number of anilines is 1. The van der Waals surface area contributed by atoms with E-state index in [1.807, 2.05) is 18.2 Å². The van der Waals surface area contributed by atoms with Crippen molar-refractivity contribution in [3.63, 3.8) is 0 Å². The summed E-state index contributed by atoms with van der Waals surface area (Å²) in [5.74, 6) is 0.827. The number of hydrogen-bond acceptors (Lipinski definition) is 3. The third kappa shape index (κ3) is 3.40. The van der Waals surface area contributed by atoms with Crippen molar-refractivity contribution in [3.05, 3.63) is 49.9 Å². The van der Waals surface area contributed by atoms with Crippen molar-refractivity contribution in [2.45, 2.75) is 6.54 Å². The first kappa shape index (κ1) is 15.5. The Balaban J connectivity index is 2.21. The molecule has 0 radical (unpaired) electrons. The van der Waals surface area contributed by atoms with Crippen LogP contribution in [0.4, 0.5) is 5.69 Å². The van der Waals surface area contributed by atoms with Gasteiger partial charge in [0.1, 0.15) is 11.5 Å². The van der Waals surface area contributed by atoms with Gasteiger partial charge in [-0.2, -0.15) is 0 Å². The zero-order chi connectivity index (χ0) is 14.7. The van der Waals surface area contributed by atoms with Gasteiger partial charge >= 0.3 is 0 Å². The van der Waals surface area contributed by atoms with E-state index in [4.69, 9.17) is 16.3 Å². The zero-order valence-corrected chi connectivity index (χ0v) is 14.5. The van der Waals surface area contributed by atoms with Gasteiger partial charge in [-0.25, -0.2) is 0 Å². The number of phenolic OH excluding ortho intramolecular Hbond substituents is 1. The van der Waals surface area contributed by atoms with Crippen molar-refractivity contribution in [3.8, 4) is 11.5 Å². The first-order chi connectivity index (χ1) is 9.52. The summed E-state index contributed by atoms with van der Waals surface area (Å²) in [6.45, 7) is 0.454. The number of para-hydroxylation sites is 1. The number of halogens is 3. The summed E-state index contributed by atoms with van der Waals surface area (Å²) in [5, 5.41) is 13.5. The molecule has 6 heteroatoms. The lowest BCUT2D eigenvalue weighted by atomic mass is 10.2. The Hall–Kier alpha value is -0.910. The van der Waals surface area contributed by atoms with E-state index in [1.165, 1.54) is 0 Å². The van der Waals surface area contributed by atoms with Crippen LogP contribution in [0.5, 0.6) is 11.5 Å². The molecule has 0 spiro atoms. The van der Waals surface area contributed by atoms with Gasteiger partial charge in [0.2, 0.25) is 0 Å². The highest BCUT2D eigenvalue weighted by molar-refractivity contribution is 9.11. The topological polar surface area (TPSA) is 41.5 Å². The van der Waals surface area contributed by atoms with Gasteiger partial charge in [-0.05, 0) is 44.0 Å². The van der Waals surface area contributed by atoms with Crippen LogP contribution in [0.3, 0.4) is 0 Å². The Bertz CT molecular complexity index is 635. The van der Waals surface area contributed by atoms with Crippen molar-refractivity contribution in [2.75, 3.05) is 12.4 Å². The van der Waals surface area contributed by atoms with Crippen molar-refractivity contribution in [2.24, 2.45) is 0 Å². The van der Waals surface area contributed by atoms with E-state index in [-0.39, 0.29) is 5.75 Å². The molecule has 0 atom stereocenters. The van der Waals surface area contributed by atoms with Gasteiger partial charge in [0.15, 0.2) is 0 Å². The van der Waals surface area contributed by atoms with Gasteiger partial charge in [-0.3, -0.25) is 0 Å². The second-order valence-corrected chi connectivity index (χ2v) is 6.18. The molecular weight excluding hydrogens is 409 g/mol. The monoisotopic (exact) mass is 419 g/mol. The number of ether oxygens (including phenoxy) is 1. The minimum Gasteiger partial charge on any atom is -0.506 e. The second-order valence-electron chi connectivity index (χ2n) is 4.07. The molecule has 0 heterocycles. The molecule has 20 heavy (non-hydrogen) atoms. The van der Waals surface area contributed by atoms with E-state index < -0.39 is 0 Å². The fourth-order valence-electron chi connectivity index (χ4n) is 1.71. The lowest BCUT2D eigenvalue weighted by Gasteiger charge is -2.13. The third-order valence-electron chi connectivity index (χ3n) is 2.78. The molecule has 0 aromatic heterocycles. The predicted molar refractivity (Wildman–Crippen MR) is 88.8 cm³/mol. The van der Waals surface area contributed by atoms with Gasteiger partial charge in [0, 0.05) is 22.6 Å². The summed E-state index contributed by atoms with van der Waals surface area (Å²) in [6.07, 6.45) is 0. The number of rotatable bonds is 4. The molecule has 2 N–H and O–H groups in total. The molecule has 0 aliphatic carbocycles. The lowest BCUT2D eigenvalue weighted by molar-refractivity contribution is 0.412. The highest BCUT2D eigenvalue weighted by atomic mass is 79.9. The lowest BCUT2D eigenvalue weighted by Crippen LogP contribution is -2.01. The number of methoxy groups -OCH3 is 1. The Morgan fingerprint density at radius 1 is 1.25 bits per heavy atom. The number of aromatic hydroxyl groups is 1. The first-order valence-corrected chi connectivity index (χ1v) is 7.72. The van der Waals surface area contributed by atoms with E-state index in [9.17, 15) is 5.11 Å². The van der Waals surface area contributed by atoms with Crippen LogP contribution in [0.2, 0.25) is 5.02 Å². The second kappa shape index (κ2) is 6.70. The van der Waals surface area contributed by atoms with Gasteiger partial charge in [0.05, 0.1) is 22.3 Å². The summed E-state index contributed by atoms with van der Waals surface area (Å²) in [4.78, 5) is 0. The van der Waals surface area contributed by atoms with E-state index in [2.05, 4.69) is 37.2 Å². The quantitative estimate of drug-likeness (QED) is 0.714. The summed E-state index contributed by atoms with van der Waals surface area (Å²) >= 11 is 12.8. The maximum atomic E-state index is 9.87. The van der Waals surface area contributed by atoms with Crippen molar-refractivity contribution in [1.82, 2.24) is 0 Å². The zero-order valence-electron chi connectivity index (χ0n) is 10.6. The molecule has 0 amide bonds. The van der Waals surface area contributed by atoms with Crippen molar-refractivity contribution in [1.29, 1.82) is 0 Å². The highest BCUT2D eigenvalue weighted by Crippen LogP contribution is 2.35.